The third-order valence-corrected chi connectivity index (χ3v) is 3.05. The van der Waals surface area contributed by atoms with Gasteiger partial charge >= 0.3 is 0 Å². The fourth-order valence-electron chi connectivity index (χ4n) is 2.02. The minimum atomic E-state index is 0.677. The molecule has 1 N–H and O–H groups in total. The molecule has 0 saturated carbocycles. The number of benzene rings is 2. The Hall–Kier alpha value is -2.00. The molecule has 3 nitrogen and oxygen atoms in total. The van der Waals surface area contributed by atoms with E-state index in [0.29, 0.717) is 6.61 Å². The van der Waals surface area contributed by atoms with Gasteiger partial charge in [0.25, 0.3) is 0 Å². The Balaban J connectivity index is 1.62. The van der Waals surface area contributed by atoms with Gasteiger partial charge in [0.05, 0.1) is 7.11 Å². The van der Waals surface area contributed by atoms with Crippen molar-refractivity contribution in [2.75, 3.05) is 26.8 Å². The minimum absolute atomic E-state index is 0.677. The highest BCUT2D eigenvalue weighted by atomic mass is 16.5. The number of nitrogens with one attached hydrogen (secondary N) is 1. The SMILES string of the molecule is COc1ccccc1CCNCCOc1ccccc1. The fourth-order valence-corrected chi connectivity index (χ4v) is 2.02. The lowest BCUT2D eigenvalue weighted by molar-refractivity contribution is 0.314. The first-order valence-corrected chi connectivity index (χ1v) is 6.90. The van der Waals surface area contributed by atoms with E-state index in [0.717, 1.165) is 31.0 Å². The van der Waals surface area contributed by atoms with Gasteiger partial charge in [0, 0.05) is 6.54 Å². The lowest BCUT2D eigenvalue weighted by Crippen LogP contribution is -2.23. The van der Waals surface area contributed by atoms with Crippen molar-refractivity contribution in [3.63, 3.8) is 0 Å². The summed E-state index contributed by atoms with van der Waals surface area (Å²) in [4.78, 5) is 0. The predicted octanol–water partition coefficient (Wildman–Crippen LogP) is 2.91. The van der Waals surface area contributed by atoms with Crippen LogP contribution in [0.4, 0.5) is 0 Å². The van der Waals surface area contributed by atoms with Gasteiger partial charge in [-0.2, -0.15) is 0 Å². The molecule has 2 rings (SSSR count). The van der Waals surface area contributed by atoms with Crippen LogP contribution in [0.3, 0.4) is 0 Å². The van der Waals surface area contributed by atoms with Gasteiger partial charge in [-0.1, -0.05) is 36.4 Å². The second-order valence-electron chi connectivity index (χ2n) is 4.47. The first-order valence-electron chi connectivity index (χ1n) is 6.90. The van der Waals surface area contributed by atoms with Crippen molar-refractivity contribution in [2.24, 2.45) is 0 Å². The summed E-state index contributed by atoms with van der Waals surface area (Å²) >= 11 is 0. The predicted molar refractivity (Wildman–Crippen MR) is 81.5 cm³/mol. The molecule has 0 heterocycles. The minimum Gasteiger partial charge on any atom is -0.496 e. The summed E-state index contributed by atoms with van der Waals surface area (Å²) in [5, 5.41) is 3.37. The Morgan fingerprint density at radius 2 is 1.65 bits per heavy atom. The van der Waals surface area contributed by atoms with Crippen LogP contribution < -0.4 is 14.8 Å². The second kappa shape index (κ2) is 8.23. The first-order chi connectivity index (χ1) is 9.90. The van der Waals surface area contributed by atoms with Gasteiger partial charge in [0.1, 0.15) is 18.1 Å². The van der Waals surface area contributed by atoms with Crippen LogP contribution in [0.5, 0.6) is 11.5 Å². The number of para-hydroxylation sites is 2. The van der Waals surface area contributed by atoms with Crippen molar-refractivity contribution in [1.82, 2.24) is 5.32 Å². The molecule has 0 bridgehead atoms. The Morgan fingerprint density at radius 1 is 0.900 bits per heavy atom. The summed E-state index contributed by atoms with van der Waals surface area (Å²) in [5.74, 6) is 1.87. The molecule has 0 spiro atoms. The topological polar surface area (TPSA) is 30.5 Å². The van der Waals surface area contributed by atoms with Crippen LogP contribution in [0.25, 0.3) is 0 Å². The van der Waals surface area contributed by atoms with Gasteiger partial charge in [0.15, 0.2) is 0 Å². The van der Waals surface area contributed by atoms with Crippen LogP contribution in [0.1, 0.15) is 5.56 Å². The number of methoxy groups -OCH3 is 1. The van der Waals surface area contributed by atoms with Crippen LogP contribution in [-0.4, -0.2) is 26.8 Å². The highest BCUT2D eigenvalue weighted by Gasteiger charge is 2.00. The lowest BCUT2D eigenvalue weighted by atomic mass is 10.1. The smallest absolute Gasteiger partial charge is 0.122 e. The van der Waals surface area contributed by atoms with Gasteiger partial charge < -0.3 is 14.8 Å². The molecule has 0 radical (unpaired) electrons. The molecule has 20 heavy (non-hydrogen) atoms. The van der Waals surface area contributed by atoms with Crippen molar-refractivity contribution in [3.05, 3.63) is 60.2 Å². The Bertz CT molecular complexity index is 499. The highest BCUT2D eigenvalue weighted by molar-refractivity contribution is 5.33. The molecule has 106 valence electrons. The molecular weight excluding hydrogens is 250 g/mol. The average molecular weight is 271 g/mol. The van der Waals surface area contributed by atoms with Gasteiger partial charge in [-0.15, -0.1) is 0 Å². The number of hydrogen-bond donors (Lipinski definition) is 1. The van der Waals surface area contributed by atoms with E-state index >= 15 is 0 Å². The summed E-state index contributed by atoms with van der Waals surface area (Å²) < 4.78 is 10.9. The maximum atomic E-state index is 5.62. The zero-order valence-electron chi connectivity index (χ0n) is 11.8. The van der Waals surface area contributed by atoms with E-state index in [2.05, 4.69) is 11.4 Å². The quantitative estimate of drug-likeness (QED) is 0.749. The zero-order valence-corrected chi connectivity index (χ0v) is 11.8. The molecular formula is C17H21NO2. The fraction of sp³-hybridized carbons (Fsp3) is 0.294. The van der Waals surface area contributed by atoms with Gasteiger partial charge in [0.2, 0.25) is 0 Å². The molecule has 0 unspecified atom stereocenters. The maximum absolute atomic E-state index is 5.62. The van der Waals surface area contributed by atoms with Gasteiger partial charge in [-0.05, 0) is 36.7 Å². The maximum Gasteiger partial charge on any atom is 0.122 e. The van der Waals surface area contributed by atoms with Crippen molar-refractivity contribution < 1.29 is 9.47 Å². The number of rotatable bonds is 8. The third kappa shape index (κ3) is 4.59. The molecule has 0 aromatic heterocycles. The Kier molecular flexibility index (Phi) is 5.93. The van der Waals surface area contributed by atoms with Crippen LogP contribution in [0, 0.1) is 0 Å². The molecule has 0 amide bonds. The summed E-state index contributed by atoms with van der Waals surface area (Å²) in [6, 6.07) is 18.0. The molecule has 0 atom stereocenters. The summed E-state index contributed by atoms with van der Waals surface area (Å²) in [7, 11) is 1.71. The monoisotopic (exact) mass is 271 g/mol. The summed E-state index contributed by atoms with van der Waals surface area (Å²) in [5.41, 5.74) is 1.23. The number of ether oxygens (including phenoxy) is 2. The normalized spacial score (nSPS) is 10.2. The molecule has 3 heteroatoms. The van der Waals surface area contributed by atoms with Crippen molar-refractivity contribution in [3.8, 4) is 11.5 Å². The highest BCUT2D eigenvalue weighted by Crippen LogP contribution is 2.17. The van der Waals surface area contributed by atoms with E-state index in [-0.39, 0.29) is 0 Å². The Morgan fingerprint density at radius 3 is 2.45 bits per heavy atom. The van der Waals surface area contributed by atoms with E-state index in [1.165, 1.54) is 5.56 Å². The molecule has 0 aliphatic carbocycles. The van der Waals surface area contributed by atoms with Crippen molar-refractivity contribution in [2.45, 2.75) is 6.42 Å². The summed E-state index contributed by atoms with van der Waals surface area (Å²) in [6.07, 6.45) is 0.954. The van der Waals surface area contributed by atoms with Crippen LogP contribution in [0.2, 0.25) is 0 Å². The largest absolute Gasteiger partial charge is 0.496 e. The van der Waals surface area contributed by atoms with E-state index < -0.39 is 0 Å². The van der Waals surface area contributed by atoms with E-state index in [1.54, 1.807) is 7.11 Å². The third-order valence-electron chi connectivity index (χ3n) is 3.05. The van der Waals surface area contributed by atoms with Crippen LogP contribution in [-0.2, 0) is 6.42 Å². The van der Waals surface area contributed by atoms with E-state index in [4.69, 9.17) is 9.47 Å². The molecule has 2 aromatic carbocycles. The number of hydrogen-bond acceptors (Lipinski definition) is 3. The van der Waals surface area contributed by atoms with E-state index in [1.807, 2.05) is 48.5 Å². The van der Waals surface area contributed by atoms with Gasteiger partial charge in [-0.3, -0.25) is 0 Å². The van der Waals surface area contributed by atoms with Crippen molar-refractivity contribution >= 4 is 0 Å². The lowest BCUT2D eigenvalue weighted by Gasteiger charge is -2.09. The van der Waals surface area contributed by atoms with Gasteiger partial charge in [-0.25, -0.2) is 0 Å². The Labute approximate surface area is 120 Å². The standard InChI is InChI=1S/C17H21NO2/c1-19-17-10-6-5-7-15(17)11-12-18-13-14-20-16-8-3-2-4-9-16/h2-10,18H,11-14H2,1H3. The van der Waals surface area contributed by atoms with E-state index in [9.17, 15) is 0 Å². The first kappa shape index (κ1) is 14.4. The summed E-state index contributed by atoms with van der Waals surface area (Å²) in [6.45, 7) is 2.43. The van der Waals surface area contributed by atoms with Crippen LogP contribution >= 0.6 is 0 Å². The average Bonchev–Trinajstić information content (AvgIpc) is 2.52. The molecule has 0 fully saturated rings. The molecule has 2 aromatic rings. The van der Waals surface area contributed by atoms with Crippen molar-refractivity contribution in [1.29, 1.82) is 0 Å². The van der Waals surface area contributed by atoms with Crippen LogP contribution in [0.15, 0.2) is 54.6 Å². The molecule has 0 saturated heterocycles. The zero-order chi connectivity index (χ0) is 14.0. The molecule has 0 aliphatic rings. The molecule has 0 aliphatic heterocycles. The second-order valence-corrected chi connectivity index (χ2v) is 4.47.